The van der Waals surface area contributed by atoms with Gasteiger partial charge < -0.3 is 4.74 Å². The summed E-state index contributed by atoms with van der Waals surface area (Å²) in [5, 5.41) is 0. The number of carbonyl (C=O) groups is 1. The molecule has 2 aromatic carbocycles. The highest BCUT2D eigenvalue weighted by molar-refractivity contribution is 5.71. The fourth-order valence-electron chi connectivity index (χ4n) is 2.76. The molecule has 2 aromatic rings. The van der Waals surface area contributed by atoms with E-state index in [1.165, 1.54) is 5.56 Å². The molecule has 0 spiro atoms. The van der Waals surface area contributed by atoms with E-state index in [4.69, 9.17) is 4.74 Å². The summed E-state index contributed by atoms with van der Waals surface area (Å²) in [5.74, 6) is -0.112. The minimum absolute atomic E-state index is 0.112. The fourth-order valence-corrected chi connectivity index (χ4v) is 2.76. The van der Waals surface area contributed by atoms with Crippen molar-refractivity contribution in [3.63, 3.8) is 0 Å². The number of esters is 1. The van der Waals surface area contributed by atoms with Gasteiger partial charge in [0.15, 0.2) is 0 Å². The molecule has 0 aliphatic heterocycles. The van der Waals surface area contributed by atoms with Crippen LogP contribution in [0.1, 0.15) is 42.1 Å². The van der Waals surface area contributed by atoms with Gasteiger partial charge in [0.05, 0.1) is 0 Å². The highest BCUT2D eigenvalue weighted by Crippen LogP contribution is 2.30. The summed E-state index contributed by atoms with van der Waals surface area (Å²) in [6.45, 7) is 0. The average molecular weight is 292 g/mol. The molecule has 2 heteroatoms. The molecule has 2 nitrogen and oxygen atoms in total. The lowest BCUT2D eigenvalue weighted by molar-refractivity contribution is -0.147. The van der Waals surface area contributed by atoms with Crippen LogP contribution in [-0.2, 0) is 16.0 Å². The molecule has 3 rings (SSSR count). The van der Waals surface area contributed by atoms with E-state index in [0.29, 0.717) is 6.42 Å². The van der Waals surface area contributed by atoms with Gasteiger partial charge in [0.2, 0.25) is 0 Å². The van der Waals surface area contributed by atoms with E-state index < -0.39 is 0 Å². The van der Waals surface area contributed by atoms with Crippen molar-refractivity contribution >= 4 is 12.0 Å². The maximum absolute atomic E-state index is 12.0. The molecule has 0 N–H and O–H groups in total. The summed E-state index contributed by atoms with van der Waals surface area (Å²) in [6.07, 6.45) is 7.13. The molecule has 1 aliphatic rings. The smallest absolute Gasteiger partial charge is 0.306 e. The SMILES string of the molecule is O=C(CCCCc1ccccc1)OC1C=Cc2ccccc21. The Balaban J connectivity index is 1.41. The second-order valence-electron chi connectivity index (χ2n) is 5.59. The third-order valence-electron chi connectivity index (χ3n) is 3.95. The first-order chi connectivity index (χ1) is 10.8. The Labute approximate surface area is 131 Å². The molecule has 0 saturated heterocycles. The summed E-state index contributed by atoms with van der Waals surface area (Å²) in [5.41, 5.74) is 3.55. The van der Waals surface area contributed by atoms with Gasteiger partial charge in [-0.1, -0.05) is 60.7 Å². The molecule has 0 aromatic heterocycles. The van der Waals surface area contributed by atoms with Gasteiger partial charge in [0.25, 0.3) is 0 Å². The summed E-state index contributed by atoms with van der Waals surface area (Å²) < 4.78 is 5.56. The van der Waals surface area contributed by atoms with E-state index in [-0.39, 0.29) is 12.1 Å². The summed E-state index contributed by atoms with van der Waals surface area (Å²) in [6, 6.07) is 18.4. The predicted octanol–water partition coefficient (Wildman–Crippen LogP) is 4.71. The van der Waals surface area contributed by atoms with Crippen molar-refractivity contribution in [2.75, 3.05) is 0 Å². The average Bonchev–Trinajstić information content (AvgIpc) is 2.96. The molecule has 22 heavy (non-hydrogen) atoms. The lowest BCUT2D eigenvalue weighted by atomic mass is 10.1. The molecule has 0 fully saturated rings. The number of hydrogen-bond acceptors (Lipinski definition) is 2. The van der Waals surface area contributed by atoms with E-state index >= 15 is 0 Å². The summed E-state index contributed by atoms with van der Waals surface area (Å²) in [4.78, 5) is 12.0. The maximum atomic E-state index is 12.0. The van der Waals surface area contributed by atoms with Crippen LogP contribution in [0.3, 0.4) is 0 Å². The molecule has 0 saturated carbocycles. The first-order valence-electron chi connectivity index (χ1n) is 7.83. The summed E-state index contributed by atoms with van der Waals surface area (Å²) >= 11 is 0. The van der Waals surface area contributed by atoms with Gasteiger partial charge in [-0.15, -0.1) is 0 Å². The van der Waals surface area contributed by atoms with Crippen molar-refractivity contribution in [1.82, 2.24) is 0 Å². The lowest BCUT2D eigenvalue weighted by Gasteiger charge is -2.12. The van der Waals surface area contributed by atoms with Crippen LogP contribution in [0.5, 0.6) is 0 Å². The molecule has 0 radical (unpaired) electrons. The Morgan fingerprint density at radius 2 is 1.73 bits per heavy atom. The monoisotopic (exact) mass is 292 g/mol. The standard InChI is InChI=1S/C20H20O2/c21-20(13-7-4-10-16-8-2-1-3-9-16)22-19-15-14-17-11-5-6-12-18(17)19/h1-3,5-6,8-9,11-12,14-15,19H,4,7,10,13H2. The van der Waals surface area contributed by atoms with Crippen LogP contribution in [0.2, 0.25) is 0 Å². The molecule has 0 heterocycles. The predicted molar refractivity (Wildman–Crippen MR) is 88.3 cm³/mol. The van der Waals surface area contributed by atoms with Crippen molar-refractivity contribution in [1.29, 1.82) is 0 Å². The zero-order valence-electron chi connectivity index (χ0n) is 12.6. The summed E-state index contributed by atoms with van der Waals surface area (Å²) in [7, 11) is 0. The van der Waals surface area contributed by atoms with E-state index in [1.807, 2.05) is 54.6 Å². The van der Waals surface area contributed by atoms with Crippen LogP contribution in [0.4, 0.5) is 0 Å². The number of ether oxygens (including phenoxy) is 1. The molecule has 0 amide bonds. The van der Waals surface area contributed by atoms with E-state index in [0.717, 1.165) is 30.4 Å². The third kappa shape index (κ3) is 3.64. The van der Waals surface area contributed by atoms with Crippen LogP contribution >= 0.6 is 0 Å². The van der Waals surface area contributed by atoms with Crippen molar-refractivity contribution in [3.05, 3.63) is 77.4 Å². The first-order valence-corrected chi connectivity index (χ1v) is 7.83. The zero-order valence-corrected chi connectivity index (χ0v) is 12.6. The molecule has 1 aliphatic carbocycles. The van der Waals surface area contributed by atoms with E-state index in [9.17, 15) is 4.79 Å². The van der Waals surface area contributed by atoms with Crippen LogP contribution in [0.15, 0.2) is 60.7 Å². The van der Waals surface area contributed by atoms with E-state index in [2.05, 4.69) is 12.1 Å². The molecule has 1 atom stereocenters. The van der Waals surface area contributed by atoms with Gasteiger partial charge in [0.1, 0.15) is 6.10 Å². The number of benzene rings is 2. The van der Waals surface area contributed by atoms with E-state index in [1.54, 1.807) is 0 Å². The number of unbranched alkanes of at least 4 members (excludes halogenated alkanes) is 1. The largest absolute Gasteiger partial charge is 0.453 e. The van der Waals surface area contributed by atoms with Crippen LogP contribution < -0.4 is 0 Å². The third-order valence-corrected chi connectivity index (χ3v) is 3.95. The molecule has 112 valence electrons. The molecule has 0 bridgehead atoms. The van der Waals surface area contributed by atoms with Crippen molar-refractivity contribution in [2.45, 2.75) is 31.8 Å². The molecule has 1 unspecified atom stereocenters. The van der Waals surface area contributed by atoms with Gasteiger partial charge in [0, 0.05) is 12.0 Å². The number of aryl methyl sites for hydroxylation is 1. The number of carbonyl (C=O) groups excluding carboxylic acids is 1. The Bertz CT molecular complexity index is 658. The van der Waals surface area contributed by atoms with Crippen molar-refractivity contribution in [3.8, 4) is 0 Å². The van der Waals surface area contributed by atoms with Gasteiger partial charge >= 0.3 is 5.97 Å². The lowest BCUT2D eigenvalue weighted by Crippen LogP contribution is -2.08. The number of rotatable bonds is 6. The first kappa shape index (κ1) is 14.6. The Morgan fingerprint density at radius 1 is 0.955 bits per heavy atom. The zero-order chi connectivity index (χ0) is 15.2. The van der Waals surface area contributed by atoms with Gasteiger partial charge in [-0.3, -0.25) is 4.79 Å². The molecular weight excluding hydrogens is 272 g/mol. The van der Waals surface area contributed by atoms with Gasteiger partial charge in [-0.2, -0.15) is 0 Å². The number of hydrogen-bond donors (Lipinski definition) is 0. The highest BCUT2D eigenvalue weighted by Gasteiger charge is 2.20. The number of fused-ring (bicyclic) bond motifs is 1. The van der Waals surface area contributed by atoms with Crippen molar-refractivity contribution in [2.24, 2.45) is 0 Å². The van der Waals surface area contributed by atoms with Gasteiger partial charge in [-0.05, 0) is 36.5 Å². The second-order valence-corrected chi connectivity index (χ2v) is 5.59. The second kappa shape index (κ2) is 7.08. The van der Waals surface area contributed by atoms with Crippen LogP contribution in [0.25, 0.3) is 6.08 Å². The quantitative estimate of drug-likeness (QED) is 0.569. The Hall–Kier alpha value is -2.35. The fraction of sp³-hybridized carbons (Fsp3) is 0.250. The van der Waals surface area contributed by atoms with Crippen LogP contribution in [-0.4, -0.2) is 5.97 Å². The van der Waals surface area contributed by atoms with Crippen molar-refractivity contribution < 1.29 is 9.53 Å². The van der Waals surface area contributed by atoms with Crippen LogP contribution in [0, 0.1) is 0 Å². The topological polar surface area (TPSA) is 26.3 Å². The normalized spacial score (nSPS) is 15.5. The minimum Gasteiger partial charge on any atom is -0.453 e. The Kier molecular flexibility index (Phi) is 4.69. The highest BCUT2D eigenvalue weighted by atomic mass is 16.5. The van der Waals surface area contributed by atoms with Gasteiger partial charge in [-0.25, -0.2) is 0 Å². The molecular formula is C20H20O2. The Morgan fingerprint density at radius 3 is 2.59 bits per heavy atom. The minimum atomic E-state index is -0.210. The maximum Gasteiger partial charge on any atom is 0.306 e.